The van der Waals surface area contributed by atoms with Crippen LogP contribution in [0, 0.1) is 5.92 Å². The number of nitrogens with zero attached hydrogens (tertiary/aromatic N) is 3. The molecule has 0 aliphatic carbocycles. The summed E-state index contributed by atoms with van der Waals surface area (Å²) in [4.78, 5) is 32.1. The summed E-state index contributed by atoms with van der Waals surface area (Å²) >= 11 is 3.46. The van der Waals surface area contributed by atoms with Gasteiger partial charge in [0.2, 0.25) is 17.6 Å². The summed E-state index contributed by atoms with van der Waals surface area (Å²) in [6.45, 7) is 4.66. The molecule has 2 heterocycles. The van der Waals surface area contributed by atoms with E-state index in [2.05, 4.69) is 41.6 Å². The van der Waals surface area contributed by atoms with Crippen molar-refractivity contribution in [1.29, 1.82) is 0 Å². The van der Waals surface area contributed by atoms with Crippen molar-refractivity contribution in [3.63, 3.8) is 0 Å². The molecule has 3 aromatic rings. The minimum atomic E-state index is -0.172. The summed E-state index contributed by atoms with van der Waals surface area (Å²) in [5.41, 5.74) is 1.93. The lowest BCUT2D eigenvalue weighted by atomic mass is 9.95. The number of anilines is 1. The van der Waals surface area contributed by atoms with E-state index in [0.717, 1.165) is 42.4 Å². The lowest BCUT2D eigenvalue weighted by Crippen LogP contribution is -2.38. The van der Waals surface area contributed by atoms with Crippen molar-refractivity contribution in [2.45, 2.75) is 32.7 Å². The predicted molar refractivity (Wildman–Crippen MR) is 133 cm³/mol. The molecule has 2 N–H and O–H groups in total. The van der Waals surface area contributed by atoms with Crippen molar-refractivity contribution in [1.82, 2.24) is 20.4 Å². The normalized spacial score (nSPS) is 14.6. The van der Waals surface area contributed by atoms with Crippen LogP contribution in [0.4, 0.5) is 5.69 Å². The fourth-order valence-corrected chi connectivity index (χ4v) is 4.37. The average molecular weight is 526 g/mol. The highest BCUT2D eigenvalue weighted by molar-refractivity contribution is 9.10. The average Bonchev–Trinajstić information content (AvgIpc) is 3.32. The fraction of sp³-hybridized carbons (Fsp3) is 0.360. The van der Waals surface area contributed by atoms with Gasteiger partial charge in [0.1, 0.15) is 0 Å². The summed E-state index contributed by atoms with van der Waals surface area (Å²) in [6, 6.07) is 14.9. The van der Waals surface area contributed by atoms with Gasteiger partial charge >= 0.3 is 0 Å². The zero-order valence-corrected chi connectivity index (χ0v) is 20.7. The zero-order chi connectivity index (χ0) is 23.9. The predicted octanol–water partition coefficient (Wildman–Crippen LogP) is 4.49. The van der Waals surface area contributed by atoms with Crippen LogP contribution in [0.1, 0.15) is 42.4 Å². The summed E-state index contributed by atoms with van der Waals surface area (Å²) in [7, 11) is 0. The Morgan fingerprint density at radius 1 is 1.15 bits per heavy atom. The molecule has 0 spiro atoms. The topological polar surface area (TPSA) is 100 Å². The molecule has 4 rings (SSSR count). The number of carbonyl (C=O) groups is 2. The van der Waals surface area contributed by atoms with Gasteiger partial charge in [-0.3, -0.25) is 14.5 Å². The molecular formula is C25H28BrN5O3. The molecule has 1 saturated heterocycles. The van der Waals surface area contributed by atoms with Crippen LogP contribution in [-0.2, 0) is 11.3 Å². The molecule has 178 valence electrons. The van der Waals surface area contributed by atoms with Crippen LogP contribution in [-0.4, -0.2) is 46.5 Å². The van der Waals surface area contributed by atoms with Gasteiger partial charge in [0.05, 0.1) is 17.8 Å². The third-order valence-electron chi connectivity index (χ3n) is 5.83. The Hall–Kier alpha value is -3.04. The highest BCUT2D eigenvalue weighted by atomic mass is 79.9. The molecule has 2 aromatic carbocycles. The van der Waals surface area contributed by atoms with Gasteiger partial charge in [-0.1, -0.05) is 52.3 Å². The molecule has 8 nitrogen and oxygen atoms in total. The summed E-state index contributed by atoms with van der Waals surface area (Å²) in [6.07, 6.45) is 2.30. The molecule has 1 aromatic heterocycles. The number of amides is 2. The molecule has 0 unspecified atom stereocenters. The van der Waals surface area contributed by atoms with Crippen molar-refractivity contribution >= 4 is 33.4 Å². The van der Waals surface area contributed by atoms with E-state index in [1.807, 2.05) is 37.3 Å². The number of piperidine rings is 1. The third kappa shape index (κ3) is 6.09. The van der Waals surface area contributed by atoms with Gasteiger partial charge < -0.3 is 15.2 Å². The smallest absolute Gasteiger partial charge is 0.253 e. The van der Waals surface area contributed by atoms with Gasteiger partial charge in [0.15, 0.2) is 0 Å². The van der Waals surface area contributed by atoms with E-state index in [0.29, 0.717) is 36.1 Å². The molecule has 2 amide bonds. The summed E-state index contributed by atoms with van der Waals surface area (Å²) in [5.74, 6) is 0.791. The third-order valence-corrected chi connectivity index (χ3v) is 6.33. The number of carbonyl (C=O) groups excluding carboxylic acids is 2. The van der Waals surface area contributed by atoms with E-state index in [-0.39, 0.29) is 17.7 Å². The Bertz CT molecular complexity index is 1140. The van der Waals surface area contributed by atoms with E-state index >= 15 is 0 Å². The number of nitrogens with one attached hydrogen (secondary N) is 2. The van der Waals surface area contributed by atoms with E-state index < -0.39 is 0 Å². The second-order valence-corrected chi connectivity index (χ2v) is 9.28. The van der Waals surface area contributed by atoms with Crippen LogP contribution in [0.25, 0.3) is 11.4 Å². The first-order valence-corrected chi connectivity index (χ1v) is 12.3. The number of halogens is 1. The fourth-order valence-electron chi connectivity index (χ4n) is 3.97. The van der Waals surface area contributed by atoms with E-state index in [1.54, 1.807) is 18.2 Å². The van der Waals surface area contributed by atoms with Crippen molar-refractivity contribution in [3.8, 4) is 11.4 Å². The van der Waals surface area contributed by atoms with E-state index in [4.69, 9.17) is 4.52 Å². The molecule has 0 bridgehead atoms. The molecule has 34 heavy (non-hydrogen) atoms. The molecular weight excluding hydrogens is 498 g/mol. The Labute approximate surface area is 207 Å². The van der Waals surface area contributed by atoms with Crippen molar-refractivity contribution in [2.75, 3.05) is 25.0 Å². The largest absolute Gasteiger partial charge is 0.352 e. The van der Waals surface area contributed by atoms with Crippen molar-refractivity contribution in [3.05, 3.63) is 64.5 Å². The Kier molecular flexibility index (Phi) is 8.08. The molecule has 0 radical (unpaired) electrons. The molecule has 1 aliphatic heterocycles. The number of hydrogen-bond acceptors (Lipinski definition) is 6. The highest BCUT2D eigenvalue weighted by Crippen LogP contribution is 2.24. The maximum atomic E-state index is 12.9. The van der Waals surface area contributed by atoms with Gasteiger partial charge in [0, 0.05) is 22.5 Å². The maximum absolute atomic E-state index is 12.9. The number of likely N-dealkylation sites (tertiary alicyclic amines) is 1. The number of aromatic nitrogens is 2. The SMILES string of the molecule is CCCNC(=O)c1ccccc1NC(=O)C1CCN(Cc2nc(-c3cccc(Br)c3)no2)CC1. The van der Waals surface area contributed by atoms with Crippen molar-refractivity contribution < 1.29 is 14.1 Å². The Morgan fingerprint density at radius 2 is 1.94 bits per heavy atom. The van der Waals surface area contributed by atoms with Crippen molar-refractivity contribution in [2.24, 2.45) is 5.92 Å². The van der Waals surface area contributed by atoms with Crippen LogP contribution >= 0.6 is 15.9 Å². The molecule has 1 aliphatic rings. The first kappa shape index (κ1) is 24.1. The van der Waals surface area contributed by atoms with Gasteiger partial charge in [-0.25, -0.2) is 0 Å². The second-order valence-electron chi connectivity index (χ2n) is 8.36. The molecule has 0 saturated carbocycles. The van der Waals surface area contributed by atoms with Gasteiger partial charge in [-0.15, -0.1) is 0 Å². The van der Waals surface area contributed by atoms with Crippen LogP contribution < -0.4 is 10.6 Å². The number of benzene rings is 2. The first-order valence-electron chi connectivity index (χ1n) is 11.5. The van der Waals surface area contributed by atoms with Crippen LogP contribution in [0.2, 0.25) is 0 Å². The van der Waals surface area contributed by atoms with E-state index in [9.17, 15) is 9.59 Å². The molecule has 9 heteroatoms. The maximum Gasteiger partial charge on any atom is 0.253 e. The minimum absolute atomic E-state index is 0.0508. The molecule has 0 atom stereocenters. The quantitative estimate of drug-likeness (QED) is 0.449. The summed E-state index contributed by atoms with van der Waals surface area (Å²) < 4.78 is 6.40. The van der Waals surface area contributed by atoms with E-state index in [1.165, 1.54) is 0 Å². The highest BCUT2D eigenvalue weighted by Gasteiger charge is 2.27. The second kappa shape index (κ2) is 11.4. The Balaban J connectivity index is 1.30. The summed E-state index contributed by atoms with van der Waals surface area (Å²) in [5, 5.41) is 9.93. The first-order chi connectivity index (χ1) is 16.5. The lowest BCUT2D eigenvalue weighted by molar-refractivity contribution is -0.121. The van der Waals surface area contributed by atoms with Gasteiger partial charge in [-0.05, 0) is 56.6 Å². The van der Waals surface area contributed by atoms with Gasteiger partial charge in [-0.2, -0.15) is 4.98 Å². The van der Waals surface area contributed by atoms with Gasteiger partial charge in [0.25, 0.3) is 5.91 Å². The lowest BCUT2D eigenvalue weighted by Gasteiger charge is -2.30. The standard InChI is InChI=1S/C25H28BrN5O3/c1-2-12-27-25(33)20-8-3-4-9-21(20)28-24(32)17-10-13-31(14-11-17)16-22-29-23(30-34-22)18-6-5-7-19(26)15-18/h3-9,15,17H,2,10-14,16H2,1H3,(H,27,33)(H,28,32). The molecule has 1 fully saturated rings. The number of hydrogen-bond donors (Lipinski definition) is 2. The van der Waals surface area contributed by atoms with Crippen LogP contribution in [0.5, 0.6) is 0 Å². The Morgan fingerprint density at radius 3 is 2.71 bits per heavy atom. The number of para-hydroxylation sites is 1. The monoisotopic (exact) mass is 525 g/mol. The van der Waals surface area contributed by atoms with Crippen LogP contribution in [0.3, 0.4) is 0 Å². The minimum Gasteiger partial charge on any atom is -0.352 e. The zero-order valence-electron chi connectivity index (χ0n) is 19.1. The van der Waals surface area contributed by atoms with Crippen LogP contribution in [0.15, 0.2) is 57.5 Å². The number of rotatable bonds is 8.